The molecule has 1 saturated heterocycles. The zero-order chi connectivity index (χ0) is 23.8. The standard InChI is InChI=1S/C25H34N2O5S/c1-4-26(19-20-13-14-23(32-5-2)24(17-20)31-3)25(28)21-11-10-12-22(18-21)33(29,30)27-15-8-6-7-9-16-27/h10-14,17-18H,4-9,15-16,19H2,1-3H3. The van der Waals surface area contributed by atoms with Crippen molar-refractivity contribution in [3.05, 3.63) is 53.6 Å². The Hall–Kier alpha value is -2.58. The van der Waals surface area contributed by atoms with Crippen LogP contribution >= 0.6 is 0 Å². The number of nitrogens with zero attached hydrogens (tertiary/aromatic N) is 2. The molecule has 180 valence electrons. The average molecular weight is 475 g/mol. The van der Waals surface area contributed by atoms with E-state index in [2.05, 4.69) is 0 Å². The summed E-state index contributed by atoms with van der Waals surface area (Å²) in [5, 5.41) is 0. The van der Waals surface area contributed by atoms with Crippen molar-refractivity contribution in [3.63, 3.8) is 0 Å². The van der Waals surface area contributed by atoms with E-state index in [9.17, 15) is 13.2 Å². The number of carbonyl (C=O) groups excluding carboxylic acids is 1. The van der Waals surface area contributed by atoms with Crippen LogP contribution in [0.4, 0.5) is 0 Å². The molecular weight excluding hydrogens is 440 g/mol. The van der Waals surface area contributed by atoms with E-state index < -0.39 is 10.0 Å². The predicted octanol–water partition coefficient (Wildman–Crippen LogP) is 4.32. The number of methoxy groups -OCH3 is 1. The van der Waals surface area contributed by atoms with Crippen molar-refractivity contribution in [1.82, 2.24) is 9.21 Å². The van der Waals surface area contributed by atoms with Gasteiger partial charge in [-0.3, -0.25) is 4.79 Å². The minimum absolute atomic E-state index is 0.175. The lowest BCUT2D eigenvalue weighted by molar-refractivity contribution is 0.0752. The van der Waals surface area contributed by atoms with E-state index in [1.165, 1.54) is 6.07 Å². The van der Waals surface area contributed by atoms with E-state index in [0.717, 1.165) is 31.2 Å². The molecule has 0 bridgehead atoms. The van der Waals surface area contributed by atoms with Crippen LogP contribution in [0.15, 0.2) is 47.4 Å². The molecular formula is C25H34N2O5S. The monoisotopic (exact) mass is 474 g/mol. The molecule has 1 aliphatic heterocycles. The third kappa shape index (κ3) is 6.06. The van der Waals surface area contributed by atoms with Crippen molar-refractivity contribution < 1.29 is 22.7 Å². The highest BCUT2D eigenvalue weighted by Crippen LogP contribution is 2.29. The third-order valence-corrected chi connectivity index (χ3v) is 7.75. The summed E-state index contributed by atoms with van der Waals surface area (Å²) in [6.45, 7) is 6.26. The quantitative estimate of drug-likeness (QED) is 0.541. The highest BCUT2D eigenvalue weighted by Gasteiger charge is 2.26. The summed E-state index contributed by atoms with van der Waals surface area (Å²) in [6.07, 6.45) is 3.83. The van der Waals surface area contributed by atoms with Crippen LogP contribution in [0.25, 0.3) is 0 Å². The van der Waals surface area contributed by atoms with Crippen molar-refractivity contribution in [2.75, 3.05) is 33.4 Å². The number of carbonyl (C=O) groups is 1. The summed E-state index contributed by atoms with van der Waals surface area (Å²) in [5.74, 6) is 1.06. The molecule has 0 atom stereocenters. The molecule has 7 nitrogen and oxygen atoms in total. The molecule has 0 N–H and O–H groups in total. The van der Waals surface area contributed by atoms with Crippen molar-refractivity contribution in [3.8, 4) is 11.5 Å². The van der Waals surface area contributed by atoms with Crippen LogP contribution in [0.3, 0.4) is 0 Å². The number of hydrogen-bond acceptors (Lipinski definition) is 5. The van der Waals surface area contributed by atoms with Crippen LogP contribution in [0.1, 0.15) is 55.5 Å². The van der Waals surface area contributed by atoms with Crippen LogP contribution in [-0.4, -0.2) is 56.9 Å². The molecule has 8 heteroatoms. The normalized spacial score (nSPS) is 15.0. The van der Waals surface area contributed by atoms with Gasteiger partial charge in [-0.1, -0.05) is 25.0 Å². The van der Waals surface area contributed by atoms with Gasteiger partial charge >= 0.3 is 0 Å². The summed E-state index contributed by atoms with van der Waals surface area (Å²) >= 11 is 0. The fourth-order valence-electron chi connectivity index (χ4n) is 4.04. The Balaban J connectivity index is 1.81. The Kier molecular flexibility index (Phi) is 8.74. The number of sulfonamides is 1. The number of benzene rings is 2. The molecule has 1 fully saturated rings. The summed E-state index contributed by atoms with van der Waals surface area (Å²) in [5.41, 5.74) is 1.27. The fraction of sp³-hybridized carbons (Fsp3) is 0.480. The van der Waals surface area contributed by atoms with Gasteiger partial charge in [0.1, 0.15) is 0 Å². The molecule has 1 amide bonds. The van der Waals surface area contributed by atoms with Crippen molar-refractivity contribution >= 4 is 15.9 Å². The van der Waals surface area contributed by atoms with E-state index in [4.69, 9.17) is 9.47 Å². The second kappa shape index (κ2) is 11.5. The second-order valence-electron chi connectivity index (χ2n) is 8.08. The molecule has 0 radical (unpaired) electrons. The topological polar surface area (TPSA) is 76.2 Å². The minimum atomic E-state index is -3.62. The van der Waals surface area contributed by atoms with Gasteiger partial charge in [-0.25, -0.2) is 8.42 Å². The third-order valence-electron chi connectivity index (χ3n) is 5.85. The molecule has 0 spiro atoms. The van der Waals surface area contributed by atoms with Gasteiger partial charge < -0.3 is 14.4 Å². The molecule has 33 heavy (non-hydrogen) atoms. The Morgan fingerprint density at radius 1 is 1.00 bits per heavy atom. The van der Waals surface area contributed by atoms with E-state index in [-0.39, 0.29) is 10.8 Å². The van der Waals surface area contributed by atoms with E-state index in [1.54, 1.807) is 34.5 Å². The first kappa shape index (κ1) is 25.1. The summed E-state index contributed by atoms with van der Waals surface area (Å²) in [6, 6.07) is 12.0. The van der Waals surface area contributed by atoms with Gasteiger partial charge in [0.15, 0.2) is 11.5 Å². The number of ether oxygens (including phenoxy) is 2. The lowest BCUT2D eigenvalue weighted by Crippen LogP contribution is -2.33. The van der Waals surface area contributed by atoms with Gasteiger partial charge in [-0.05, 0) is 62.6 Å². The van der Waals surface area contributed by atoms with Crippen LogP contribution < -0.4 is 9.47 Å². The van der Waals surface area contributed by atoms with E-state index in [0.29, 0.717) is 49.8 Å². The fourth-order valence-corrected chi connectivity index (χ4v) is 5.60. The van der Waals surface area contributed by atoms with Gasteiger partial charge in [0.2, 0.25) is 10.0 Å². The summed E-state index contributed by atoms with van der Waals surface area (Å²) in [7, 11) is -2.04. The maximum atomic E-state index is 13.3. The lowest BCUT2D eigenvalue weighted by atomic mass is 10.1. The zero-order valence-corrected chi connectivity index (χ0v) is 20.6. The van der Waals surface area contributed by atoms with Gasteiger partial charge in [-0.15, -0.1) is 0 Å². The Morgan fingerprint density at radius 3 is 2.36 bits per heavy atom. The minimum Gasteiger partial charge on any atom is -0.493 e. The molecule has 1 aliphatic rings. The molecule has 2 aromatic rings. The first-order valence-corrected chi connectivity index (χ1v) is 13.0. The zero-order valence-electron chi connectivity index (χ0n) is 19.7. The average Bonchev–Trinajstić information content (AvgIpc) is 3.13. The first-order valence-electron chi connectivity index (χ1n) is 11.6. The number of amides is 1. The summed E-state index contributed by atoms with van der Waals surface area (Å²) < 4.78 is 38.9. The van der Waals surface area contributed by atoms with E-state index >= 15 is 0 Å². The molecule has 2 aromatic carbocycles. The summed E-state index contributed by atoms with van der Waals surface area (Å²) in [4.78, 5) is 15.1. The van der Waals surface area contributed by atoms with Gasteiger partial charge in [-0.2, -0.15) is 4.31 Å². The van der Waals surface area contributed by atoms with Crippen LogP contribution in [0.5, 0.6) is 11.5 Å². The second-order valence-corrected chi connectivity index (χ2v) is 10.0. The van der Waals surface area contributed by atoms with Crippen molar-refractivity contribution in [1.29, 1.82) is 0 Å². The number of hydrogen-bond donors (Lipinski definition) is 0. The highest BCUT2D eigenvalue weighted by atomic mass is 32.2. The SMILES string of the molecule is CCOc1ccc(CN(CC)C(=O)c2cccc(S(=O)(=O)N3CCCCCC3)c2)cc1OC. The highest BCUT2D eigenvalue weighted by molar-refractivity contribution is 7.89. The molecule has 0 saturated carbocycles. The Labute approximate surface area is 197 Å². The smallest absolute Gasteiger partial charge is 0.254 e. The largest absolute Gasteiger partial charge is 0.493 e. The molecule has 0 aromatic heterocycles. The predicted molar refractivity (Wildman–Crippen MR) is 128 cm³/mol. The Morgan fingerprint density at radius 2 is 1.73 bits per heavy atom. The van der Waals surface area contributed by atoms with Crippen molar-refractivity contribution in [2.45, 2.75) is 51.0 Å². The first-order chi connectivity index (χ1) is 15.9. The maximum Gasteiger partial charge on any atom is 0.254 e. The molecule has 1 heterocycles. The number of rotatable bonds is 9. The lowest BCUT2D eigenvalue weighted by Gasteiger charge is -2.23. The van der Waals surface area contributed by atoms with Gasteiger partial charge in [0.25, 0.3) is 5.91 Å². The van der Waals surface area contributed by atoms with Crippen molar-refractivity contribution in [2.24, 2.45) is 0 Å². The van der Waals surface area contributed by atoms with Crippen LogP contribution in [0.2, 0.25) is 0 Å². The van der Waals surface area contributed by atoms with E-state index in [1.807, 2.05) is 32.0 Å². The molecule has 0 aliphatic carbocycles. The van der Waals surface area contributed by atoms with Gasteiger partial charge in [0, 0.05) is 31.7 Å². The van der Waals surface area contributed by atoms with Crippen LogP contribution in [0, 0.1) is 0 Å². The van der Waals surface area contributed by atoms with Crippen LogP contribution in [-0.2, 0) is 16.6 Å². The Bertz CT molecular complexity index is 1050. The molecule has 0 unspecified atom stereocenters. The molecule has 3 rings (SSSR count). The maximum absolute atomic E-state index is 13.3. The van der Waals surface area contributed by atoms with Gasteiger partial charge in [0.05, 0.1) is 18.6 Å².